The lowest BCUT2D eigenvalue weighted by atomic mass is 9.91. The number of H-pyrrole nitrogens is 1. The van der Waals surface area contributed by atoms with Crippen molar-refractivity contribution in [2.75, 3.05) is 0 Å². The maximum absolute atomic E-state index is 12.4. The van der Waals surface area contributed by atoms with Crippen LogP contribution in [0.5, 0.6) is 0 Å². The molecule has 0 radical (unpaired) electrons. The van der Waals surface area contributed by atoms with Crippen LogP contribution in [0.25, 0.3) is 0 Å². The zero-order chi connectivity index (χ0) is 17.9. The molecule has 0 spiro atoms. The van der Waals surface area contributed by atoms with E-state index in [1.54, 1.807) is 30.7 Å². The molecule has 0 bridgehead atoms. The molecule has 1 amide bonds. The van der Waals surface area contributed by atoms with Gasteiger partial charge in [-0.3, -0.25) is 14.6 Å². The Balaban J connectivity index is 1.54. The summed E-state index contributed by atoms with van der Waals surface area (Å²) in [7, 11) is 0. The van der Waals surface area contributed by atoms with Crippen molar-refractivity contribution in [1.29, 1.82) is 0 Å². The van der Waals surface area contributed by atoms with Crippen LogP contribution < -0.4 is 10.9 Å². The topological polar surface area (TPSA) is 79.8 Å². The average molecular weight is 348 g/mol. The van der Waals surface area contributed by atoms with E-state index in [-0.39, 0.29) is 17.5 Å². The number of hydrogen-bond acceptors (Lipinski definition) is 3. The molecule has 3 heterocycles. The number of pyridine rings is 2. The zero-order valence-electron chi connectivity index (χ0n) is 14.3. The van der Waals surface area contributed by atoms with E-state index in [4.69, 9.17) is 0 Å². The summed E-state index contributed by atoms with van der Waals surface area (Å²) in [6, 6.07) is 11.0. The average Bonchev–Trinajstić information content (AvgIpc) is 3.20. The van der Waals surface area contributed by atoms with Crippen molar-refractivity contribution in [3.63, 3.8) is 0 Å². The van der Waals surface area contributed by atoms with Gasteiger partial charge in [0, 0.05) is 36.4 Å². The van der Waals surface area contributed by atoms with Crippen LogP contribution >= 0.6 is 0 Å². The SMILES string of the molecule is O=C(N[C@H]1CCc2c(ccc(=O)n2Cc2ccncc2)C1)c1ccc[nH]1. The molecule has 0 unspecified atom stereocenters. The van der Waals surface area contributed by atoms with Gasteiger partial charge in [-0.05, 0) is 54.7 Å². The molecule has 4 rings (SSSR count). The van der Waals surface area contributed by atoms with Crippen LogP contribution in [0.15, 0.2) is 59.8 Å². The number of hydrogen-bond donors (Lipinski definition) is 2. The van der Waals surface area contributed by atoms with Crippen molar-refractivity contribution in [2.45, 2.75) is 31.8 Å². The molecule has 0 aliphatic heterocycles. The van der Waals surface area contributed by atoms with E-state index in [1.165, 1.54) is 0 Å². The van der Waals surface area contributed by atoms with E-state index in [0.29, 0.717) is 12.2 Å². The molecule has 1 aliphatic rings. The maximum atomic E-state index is 12.4. The second kappa shape index (κ2) is 7.00. The van der Waals surface area contributed by atoms with Crippen molar-refractivity contribution in [2.24, 2.45) is 0 Å². The molecule has 0 saturated carbocycles. The van der Waals surface area contributed by atoms with Gasteiger partial charge in [-0.2, -0.15) is 0 Å². The molecule has 1 aliphatic carbocycles. The van der Waals surface area contributed by atoms with Gasteiger partial charge in [-0.1, -0.05) is 6.07 Å². The molecule has 6 nitrogen and oxygen atoms in total. The van der Waals surface area contributed by atoms with E-state index < -0.39 is 0 Å². The van der Waals surface area contributed by atoms with Gasteiger partial charge in [-0.25, -0.2) is 0 Å². The number of fused-ring (bicyclic) bond motifs is 1. The number of rotatable bonds is 4. The number of aromatic nitrogens is 3. The Bertz CT molecular complexity index is 961. The van der Waals surface area contributed by atoms with Crippen molar-refractivity contribution in [1.82, 2.24) is 19.9 Å². The highest BCUT2D eigenvalue weighted by Gasteiger charge is 2.23. The fourth-order valence-electron chi connectivity index (χ4n) is 3.53. The first-order valence-electron chi connectivity index (χ1n) is 8.75. The van der Waals surface area contributed by atoms with Gasteiger partial charge in [-0.15, -0.1) is 0 Å². The van der Waals surface area contributed by atoms with E-state index in [1.807, 2.05) is 28.8 Å². The molecule has 0 fully saturated rings. The molecule has 3 aromatic rings. The predicted octanol–water partition coefficient (Wildman–Crippen LogP) is 1.91. The van der Waals surface area contributed by atoms with Crippen LogP contribution in [0.3, 0.4) is 0 Å². The fourth-order valence-corrected chi connectivity index (χ4v) is 3.53. The lowest BCUT2D eigenvalue weighted by Gasteiger charge is -2.27. The Hall–Kier alpha value is -3.15. The first-order valence-corrected chi connectivity index (χ1v) is 8.75. The molecule has 0 saturated heterocycles. The Morgan fingerprint density at radius 1 is 1.23 bits per heavy atom. The van der Waals surface area contributed by atoms with Gasteiger partial charge in [0.1, 0.15) is 5.69 Å². The molecular formula is C20H20N4O2. The first-order chi connectivity index (χ1) is 12.7. The van der Waals surface area contributed by atoms with Gasteiger partial charge in [0.25, 0.3) is 11.5 Å². The van der Waals surface area contributed by atoms with Crippen LogP contribution in [0, 0.1) is 0 Å². The van der Waals surface area contributed by atoms with Crippen LogP contribution in [0.1, 0.15) is 33.7 Å². The molecule has 132 valence electrons. The van der Waals surface area contributed by atoms with E-state index in [0.717, 1.165) is 36.1 Å². The Morgan fingerprint density at radius 2 is 2.08 bits per heavy atom. The van der Waals surface area contributed by atoms with Gasteiger partial charge in [0.05, 0.1) is 6.54 Å². The monoisotopic (exact) mass is 348 g/mol. The highest BCUT2D eigenvalue weighted by molar-refractivity contribution is 5.92. The van der Waals surface area contributed by atoms with Gasteiger partial charge >= 0.3 is 0 Å². The molecule has 6 heteroatoms. The number of nitrogens with one attached hydrogen (secondary N) is 2. The number of nitrogens with zero attached hydrogens (tertiary/aromatic N) is 2. The number of carbonyl (C=O) groups is 1. The smallest absolute Gasteiger partial charge is 0.267 e. The predicted molar refractivity (Wildman–Crippen MR) is 98.1 cm³/mol. The number of amides is 1. The van der Waals surface area contributed by atoms with E-state index in [9.17, 15) is 9.59 Å². The second-order valence-electron chi connectivity index (χ2n) is 6.58. The second-order valence-corrected chi connectivity index (χ2v) is 6.58. The van der Waals surface area contributed by atoms with Crippen LogP contribution in [-0.2, 0) is 19.4 Å². The first kappa shape index (κ1) is 16.3. The third-order valence-electron chi connectivity index (χ3n) is 4.85. The molecule has 0 aromatic carbocycles. The van der Waals surface area contributed by atoms with Crippen LogP contribution in [-0.4, -0.2) is 26.5 Å². The third-order valence-corrected chi connectivity index (χ3v) is 4.85. The Morgan fingerprint density at radius 3 is 2.85 bits per heavy atom. The fraction of sp³-hybridized carbons (Fsp3) is 0.250. The quantitative estimate of drug-likeness (QED) is 0.756. The Labute approximate surface area is 150 Å². The molecule has 26 heavy (non-hydrogen) atoms. The van der Waals surface area contributed by atoms with Crippen molar-refractivity contribution < 1.29 is 4.79 Å². The molecule has 3 aromatic heterocycles. The minimum Gasteiger partial charge on any atom is -0.357 e. The maximum Gasteiger partial charge on any atom is 0.267 e. The van der Waals surface area contributed by atoms with Crippen LogP contribution in [0.2, 0.25) is 0 Å². The summed E-state index contributed by atoms with van der Waals surface area (Å²) in [5, 5.41) is 3.08. The third kappa shape index (κ3) is 3.31. The van der Waals surface area contributed by atoms with Crippen LogP contribution in [0.4, 0.5) is 0 Å². The van der Waals surface area contributed by atoms with Gasteiger partial charge < -0.3 is 14.9 Å². The summed E-state index contributed by atoms with van der Waals surface area (Å²) in [6.45, 7) is 0.546. The summed E-state index contributed by atoms with van der Waals surface area (Å²) in [6.07, 6.45) is 7.54. The summed E-state index contributed by atoms with van der Waals surface area (Å²) in [4.78, 5) is 31.6. The standard InChI is InChI=1S/C20H20N4O2/c25-19-6-3-15-12-16(23-20(26)17-2-1-9-22-17)4-5-18(15)24(19)13-14-7-10-21-11-8-14/h1-3,6-11,16,22H,4-5,12-13H2,(H,23,26)/t16-/m0/s1. The van der Waals surface area contributed by atoms with E-state index in [2.05, 4.69) is 15.3 Å². The van der Waals surface area contributed by atoms with Gasteiger partial charge in [0.2, 0.25) is 0 Å². The number of aromatic amines is 1. The summed E-state index contributed by atoms with van der Waals surface area (Å²) in [5.41, 5.74) is 3.83. The number of carbonyl (C=O) groups excluding carboxylic acids is 1. The molecule has 2 N–H and O–H groups in total. The highest BCUT2D eigenvalue weighted by atomic mass is 16.2. The Kier molecular flexibility index (Phi) is 4.39. The van der Waals surface area contributed by atoms with Crippen molar-refractivity contribution >= 4 is 5.91 Å². The minimum atomic E-state index is -0.0893. The minimum absolute atomic E-state index is 0.00873. The summed E-state index contributed by atoms with van der Waals surface area (Å²) >= 11 is 0. The summed E-state index contributed by atoms with van der Waals surface area (Å²) in [5.74, 6) is -0.0893. The van der Waals surface area contributed by atoms with Gasteiger partial charge in [0.15, 0.2) is 0 Å². The van der Waals surface area contributed by atoms with Crippen molar-refractivity contribution in [3.05, 3.63) is 87.9 Å². The van der Waals surface area contributed by atoms with E-state index >= 15 is 0 Å². The highest BCUT2D eigenvalue weighted by Crippen LogP contribution is 2.21. The largest absolute Gasteiger partial charge is 0.357 e. The lowest BCUT2D eigenvalue weighted by molar-refractivity contribution is 0.0929. The normalized spacial score (nSPS) is 16.1. The zero-order valence-corrected chi connectivity index (χ0v) is 14.3. The molecular weight excluding hydrogens is 328 g/mol. The van der Waals surface area contributed by atoms with Crippen molar-refractivity contribution in [3.8, 4) is 0 Å². The molecule has 1 atom stereocenters. The lowest BCUT2D eigenvalue weighted by Crippen LogP contribution is -2.40. The summed E-state index contributed by atoms with van der Waals surface area (Å²) < 4.78 is 1.84.